The van der Waals surface area contributed by atoms with Gasteiger partial charge in [-0.3, -0.25) is 10.1 Å². The van der Waals surface area contributed by atoms with E-state index in [9.17, 15) is 10.1 Å². The summed E-state index contributed by atoms with van der Waals surface area (Å²) in [6, 6.07) is 4.50. The maximum absolute atomic E-state index is 11.0. The summed E-state index contributed by atoms with van der Waals surface area (Å²) in [7, 11) is 0. The molecule has 1 aromatic heterocycles. The Balaban J connectivity index is 1.74. The van der Waals surface area contributed by atoms with Crippen LogP contribution in [-0.4, -0.2) is 27.8 Å². The van der Waals surface area contributed by atoms with E-state index in [-0.39, 0.29) is 11.4 Å². The van der Waals surface area contributed by atoms with Crippen molar-refractivity contribution in [3.63, 3.8) is 0 Å². The molecular weight excluding hydrogens is 312 g/mol. The predicted octanol–water partition coefficient (Wildman–Crippen LogP) is 2.97. The van der Waals surface area contributed by atoms with Crippen LogP contribution in [0.3, 0.4) is 0 Å². The molecule has 0 radical (unpaired) electrons. The molecule has 0 spiro atoms. The van der Waals surface area contributed by atoms with E-state index in [1.807, 2.05) is 0 Å². The number of benzene rings is 1. The lowest BCUT2D eigenvalue weighted by atomic mass is 9.91. The number of rotatable bonds is 5. The first kappa shape index (κ1) is 16.4. The zero-order valence-corrected chi connectivity index (χ0v) is 13.5. The van der Waals surface area contributed by atoms with Gasteiger partial charge in [-0.15, -0.1) is 0 Å². The maximum atomic E-state index is 11.0. The normalized spacial score (nSPS) is 20.9. The lowest BCUT2D eigenvalue weighted by molar-refractivity contribution is -0.383. The summed E-state index contributed by atoms with van der Waals surface area (Å²) in [5.41, 5.74) is 6.08. The van der Waals surface area contributed by atoms with Crippen LogP contribution in [0.15, 0.2) is 22.7 Å². The zero-order chi connectivity index (χ0) is 17.1. The predicted molar refractivity (Wildman–Crippen MR) is 87.3 cm³/mol. The number of hydrogen-bond acceptors (Lipinski definition) is 7. The van der Waals surface area contributed by atoms with Gasteiger partial charge >= 0.3 is 0 Å². The average molecular weight is 332 g/mol. The van der Waals surface area contributed by atoms with Crippen LogP contribution in [-0.2, 0) is 11.2 Å². The number of ether oxygens (including phenoxy) is 1. The molecule has 1 fully saturated rings. The largest absolute Gasteiger partial charge is 0.393 e. The Bertz CT molecular complexity index is 731. The average Bonchev–Trinajstić information content (AvgIpc) is 3.03. The van der Waals surface area contributed by atoms with E-state index in [4.69, 9.17) is 15.0 Å². The highest BCUT2D eigenvalue weighted by molar-refractivity contribution is 5.68. The van der Waals surface area contributed by atoms with Gasteiger partial charge in [0.25, 0.3) is 5.69 Å². The van der Waals surface area contributed by atoms with Crippen LogP contribution < -0.4 is 5.73 Å². The van der Waals surface area contributed by atoms with Gasteiger partial charge < -0.3 is 15.0 Å². The highest BCUT2D eigenvalue weighted by Crippen LogP contribution is 2.29. The summed E-state index contributed by atoms with van der Waals surface area (Å²) < 4.78 is 11.0. The molecule has 2 heterocycles. The first-order valence-electron chi connectivity index (χ1n) is 8.05. The van der Waals surface area contributed by atoms with Gasteiger partial charge in [-0.05, 0) is 37.3 Å². The Morgan fingerprint density at radius 1 is 1.46 bits per heavy atom. The Morgan fingerprint density at radius 2 is 2.29 bits per heavy atom. The van der Waals surface area contributed by atoms with Crippen molar-refractivity contribution >= 4 is 11.4 Å². The van der Waals surface area contributed by atoms with Gasteiger partial charge in [0.05, 0.1) is 11.0 Å². The number of aromatic nitrogens is 2. The van der Waals surface area contributed by atoms with E-state index in [0.29, 0.717) is 35.7 Å². The van der Waals surface area contributed by atoms with Gasteiger partial charge in [0.15, 0.2) is 0 Å². The summed E-state index contributed by atoms with van der Waals surface area (Å²) in [4.78, 5) is 14.8. The summed E-state index contributed by atoms with van der Waals surface area (Å²) in [6.07, 6.45) is 3.96. The molecular formula is C16H20N4O4. The summed E-state index contributed by atoms with van der Waals surface area (Å²) in [5.74, 6) is 1.34. The minimum absolute atomic E-state index is 0.111. The third kappa shape index (κ3) is 3.53. The quantitative estimate of drug-likeness (QED) is 0.508. The fourth-order valence-corrected chi connectivity index (χ4v) is 2.97. The maximum Gasteiger partial charge on any atom is 0.292 e. The fourth-order valence-electron chi connectivity index (χ4n) is 2.97. The minimum Gasteiger partial charge on any atom is -0.393 e. The van der Waals surface area contributed by atoms with E-state index < -0.39 is 4.92 Å². The van der Waals surface area contributed by atoms with Gasteiger partial charge in [-0.25, -0.2) is 0 Å². The van der Waals surface area contributed by atoms with Crippen LogP contribution >= 0.6 is 0 Å². The van der Waals surface area contributed by atoms with Crippen molar-refractivity contribution in [1.29, 1.82) is 0 Å². The molecule has 1 aliphatic rings. The number of nitro groups is 1. The number of anilines is 1. The zero-order valence-electron chi connectivity index (χ0n) is 13.5. The second-order valence-electron chi connectivity index (χ2n) is 6.04. The molecule has 0 amide bonds. The molecule has 8 nitrogen and oxygen atoms in total. The number of nitrogen functional groups attached to an aromatic ring is 1. The third-order valence-corrected chi connectivity index (χ3v) is 4.35. The Labute approximate surface area is 139 Å². The van der Waals surface area contributed by atoms with Crippen molar-refractivity contribution in [3.05, 3.63) is 34.2 Å². The van der Waals surface area contributed by atoms with Crippen LogP contribution in [0.5, 0.6) is 0 Å². The second kappa shape index (κ2) is 6.96. The summed E-state index contributed by atoms with van der Waals surface area (Å²) >= 11 is 0. The number of hydrogen-bond donors (Lipinski definition) is 1. The van der Waals surface area contributed by atoms with Crippen molar-refractivity contribution in [3.8, 4) is 11.4 Å². The van der Waals surface area contributed by atoms with Gasteiger partial charge in [-0.2, -0.15) is 4.98 Å². The molecule has 2 atom stereocenters. The topological polar surface area (TPSA) is 117 Å². The standard InChI is InChI=1S/C16H20N4O4/c1-2-12-7-10(5-6-23-12)8-15-18-16(19-24-15)11-3-4-13(17)14(9-11)20(21)22/h3-4,9-10,12H,2,5-8,17H2,1H3/t10-,12-/m0/s1. The lowest BCUT2D eigenvalue weighted by Crippen LogP contribution is -2.26. The van der Waals surface area contributed by atoms with Crippen LogP contribution in [0.1, 0.15) is 32.1 Å². The Hall–Kier alpha value is -2.48. The molecule has 2 aromatic rings. The third-order valence-electron chi connectivity index (χ3n) is 4.35. The van der Waals surface area contributed by atoms with E-state index in [1.165, 1.54) is 12.1 Å². The molecule has 2 N–H and O–H groups in total. The molecule has 0 bridgehead atoms. The molecule has 1 aromatic carbocycles. The second-order valence-corrected chi connectivity index (χ2v) is 6.04. The van der Waals surface area contributed by atoms with Crippen LogP contribution in [0.4, 0.5) is 11.4 Å². The highest BCUT2D eigenvalue weighted by Gasteiger charge is 2.24. The molecule has 24 heavy (non-hydrogen) atoms. The molecule has 8 heteroatoms. The van der Waals surface area contributed by atoms with Gasteiger partial charge in [-0.1, -0.05) is 12.1 Å². The van der Waals surface area contributed by atoms with Crippen LogP contribution in [0.2, 0.25) is 0 Å². The lowest BCUT2D eigenvalue weighted by Gasteiger charge is -2.27. The number of nitro benzene ring substituents is 1. The summed E-state index contributed by atoms with van der Waals surface area (Å²) in [6.45, 7) is 2.88. The first-order valence-corrected chi connectivity index (χ1v) is 8.05. The van der Waals surface area contributed by atoms with Gasteiger partial charge in [0.2, 0.25) is 11.7 Å². The molecule has 128 valence electrons. The van der Waals surface area contributed by atoms with Crippen molar-refractivity contribution in [2.45, 2.75) is 38.7 Å². The van der Waals surface area contributed by atoms with Gasteiger partial charge in [0, 0.05) is 24.7 Å². The van der Waals surface area contributed by atoms with E-state index >= 15 is 0 Å². The Morgan fingerprint density at radius 3 is 3.04 bits per heavy atom. The van der Waals surface area contributed by atoms with Gasteiger partial charge in [0.1, 0.15) is 5.69 Å². The van der Waals surface area contributed by atoms with Crippen molar-refractivity contribution in [2.24, 2.45) is 5.92 Å². The SMILES string of the molecule is CC[C@H]1C[C@@H](Cc2nc(-c3ccc(N)c([N+](=O)[O-])c3)no2)CCO1. The molecule has 0 unspecified atom stereocenters. The van der Waals surface area contributed by atoms with E-state index in [0.717, 1.165) is 25.9 Å². The fraction of sp³-hybridized carbons (Fsp3) is 0.500. The summed E-state index contributed by atoms with van der Waals surface area (Å²) in [5, 5.41) is 14.9. The van der Waals surface area contributed by atoms with Crippen LogP contribution in [0, 0.1) is 16.0 Å². The molecule has 1 aliphatic heterocycles. The van der Waals surface area contributed by atoms with Crippen molar-refractivity contribution in [1.82, 2.24) is 10.1 Å². The monoisotopic (exact) mass is 332 g/mol. The number of nitrogens with two attached hydrogens (primary N) is 1. The molecule has 1 saturated heterocycles. The molecule has 0 aliphatic carbocycles. The van der Waals surface area contributed by atoms with Crippen molar-refractivity contribution < 1.29 is 14.2 Å². The molecule has 3 rings (SSSR count). The van der Waals surface area contributed by atoms with E-state index in [2.05, 4.69) is 17.1 Å². The first-order chi connectivity index (χ1) is 11.6. The van der Waals surface area contributed by atoms with E-state index in [1.54, 1.807) is 6.07 Å². The minimum atomic E-state index is -0.521. The molecule has 0 saturated carbocycles. The smallest absolute Gasteiger partial charge is 0.292 e. The van der Waals surface area contributed by atoms with Crippen molar-refractivity contribution in [2.75, 3.05) is 12.3 Å². The van der Waals surface area contributed by atoms with Crippen LogP contribution in [0.25, 0.3) is 11.4 Å². The Kier molecular flexibility index (Phi) is 4.75. The highest BCUT2D eigenvalue weighted by atomic mass is 16.6. The number of nitrogens with zero attached hydrogens (tertiary/aromatic N) is 3.